The molecule has 0 aliphatic carbocycles. The van der Waals surface area contributed by atoms with Gasteiger partial charge in [0.1, 0.15) is 23.8 Å². The molecule has 1 heterocycles. The maximum absolute atomic E-state index is 2.37. The van der Waals surface area contributed by atoms with E-state index in [1.807, 2.05) is 0 Å². The van der Waals surface area contributed by atoms with E-state index in [4.69, 9.17) is 0 Å². The number of rotatable bonds is 3. The smallest absolute Gasteiger partial charge is 0.147 e. The van der Waals surface area contributed by atoms with Crippen LogP contribution in [0.3, 0.4) is 0 Å². The monoisotopic (exact) mass is 360 g/mol. The third-order valence-corrected chi connectivity index (χ3v) is 5.49. The molecule has 1 aliphatic rings. The van der Waals surface area contributed by atoms with Gasteiger partial charge in [-0.2, -0.15) is 0 Å². The highest BCUT2D eigenvalue weighted by atomic mass is 15.3. The number of para-hydroxylation sites is 1. The minimum atomic E-state index is 0.607. The van der Waals surface area contributed by atoms with E-state index in [1.165, 1.54) is 38.5 Å². The minimum Gasteiger partial charge on any atom is -0.206 e. The zero-order chi connectivity index (χ0) is 19.0. The first-order valence-corrected chi connectivity index (χ1v) is 9.67. The van der Waals surface area contributed by atoms with Gasteiger partial charge in [-0.25, -0.2) is 4.48 Å². The normalized spacial score (nSPS) is 17.5. The Labute approximate surface area is 165 Å². The topological polar surface area (TPSA) is 0 Å². The van der Waals surface area contributed by atoms with Gasteiger partial charge in [0, 0.05) is 34.7 Å². The predicted octanol–water partition coefficient (Wildman–Crippen LogP) is 5.49. The average Bonchev–Trinajstić information content (AvgIpc) is 3.15. The summed E-state index contributed by atoms with van der Waals surface area (Å²) in [7, 11) is 0. The predicted molar refractivity (Wildman–Crippen MR) is 119 cm³/mol. The van der Waals surface area contributed by atoms with Crippen LogP contribution in [0.5, 0.6) is 0 Å². The second-order valence-electron chi connectivity index (χ2n) is 7.42. The summed E-state index contributed by atoms with van der Waals surface area (Å²) < 4.78 is 0.607. The number of hydrogen-bond acceptors (Lipinski definition) is 0. The number of benzene rings is 4. The fraction of sp³-hybridized carbons (Fsp3) is 0.0370. The number of aryl methyl sites for hydroxylation is 1. The molecule has 0 saturated carbocycles. The van der Waals surface area contributed by atoms with Gasteiger partial charge in [-0.1, -0.05) is 66.7 Å². The van der Waals surface area contributed by atoms with E-state index in [2.05, 4.69) is 122 Å². The molecule has 1 nitrogen and oxygen atoms in total. The van der Waals surface area contributed by atoms with Gasteiger partial charge < -0.3 is 0 Å². The van der Waals surface area contributed by atoms with Crippen molar-refractivity contribution in [2.24, 2.45) is 0 Å². The second-order valence-corrected chi connectivity index (χ2v) is 7.42. The van der Waals surface area contributed by atoms with Gasteiger partial charge in [0.2, 0.25) is 0 Å². The van der Waals surface area contributed by atoms with Gasteiger partial charge >= 0.3 is 0 Å². The van der Waals surface area contributed by atoms with Crippen molar-refractivity contribution in [3.05, 3.63) is 119 Å². The summed E-state index contributed by atoms with van der Waals surface area (Å²) in [6.07, 6.45) is 4.72. The molecule has 0 bridgehead atoms. The van der Waals surface area contributed by atoms with Crippen molar-refractivity contribution >= 4 is 23.8 Å². The summed E-state index contributed by atoms with van der Waals surface area (Å²) in [6.45, 7) is 2.15. The van der Waals surface area contributed by atoms with Crippen molar-refractivity contribution in [3.8, 4) is 11.1 Å². The maximum Gasteiger partial charge on any atom is 0.147 e. The van der Waals surface area contributed by atoms with E-state index in [9.17, 15) is 0 Å². The van der Waals surface area contributed by atoms with Crippen molar-refractivity contribution < 1.29 is 0 Å². The molecule has 0 amide bonds. The number of hydrogen-bond donors (Lipinski definition) is 0. The lowest BCUT2D eigenvalue weighted by Gasteiger charge is -2.28. The first kappa shape index (κ1) is 16.7. The van der Waals surface area contributed by atoms with Gasteiger partial charge in [0.25, 0.3) is 0 Å². The Morgan fingerprint density at radius 3 is 1.93 bits per heavy atom. The Balaban J connectivity index is 1.75. The summed E-state index contributed by atoms with van der Waals surface area (Å²) in [5.74, 6) is 0. The van der Waals surface area contributed by atoms with Gasteiger partial charge in [-0.15, -0.1) is 0 Å². The van der Waals surface area contributed by atoms with Crippen molar-refractivity contribution in [2.75, 3.05) is 0 Å². The maximum atomic E-state index is 2.37. The van der Waals surface area contributed by atoms with E-state index >= 15 is 0 Å². The van der Waals surface area contributed by atoms with Crippen molar-refractivity contribution in [1.82, 2.24) is 4.48 Å². The zero-order valence-electron chi connectivity index (χ0n) is 15.9. The molecule has 4 aromatic rings. The van der Waals surface area contributed by atoms with Crippen LogP contribution in [0, 0.1) is 6.92 Å². The first-order chi connectivity index (χ1) is 13.7. The molecule has 0 fully saturated rings. The fourth-order valence-corrected chi connectivity index (χ4v) is 4.07. The quantitative estimate of drug-likeness (QED) is 0.424. The SMILES string of the molecule is Cc1cccc([N+]2(c3ccccc3)C=c3ccc(-c4ccccc4)cc3=C2)c1. The molecule has 134 valence electrons. The Kier molecular flexibility index (Phi) is 3.96. The van der Waals surface area contributed by atoms with Crippen LogP contribution in [0.2, 0.25) is 0 Å². The number of fused-ring (bicyclic) bond motifs is 1. The second kappa shape index (κ2) is 6.63. The zero-order valence-corrected chi connectivity index (χ0v) is 15.9. The highest BCUT2D eigenvalue weighted by Gasteiger charge is 2.32. The Hall–Kier alpha value is -3.42. The van der Waals surface area contributed by atoms with E-state index in [0.717, 1.165) is 0 Å². The van der Waals surface area contributed by atoms with Crippen LogP contribution in [-0.2, 0) is 0 Å². The van der Waals surface area contributed by atoms with E-state index in [1.54, 1.807) is 0 Å². The lowest BCUT2D eigenvalue weighted by molar-refractivity contribution is 0.790. The molecule has 1 aliphatic heterocycles. The van der Waals surface area contributed by atoms with E-state index in [-0.39, 0.29) is 0 Å². The van der Waals surface area contributed by atoms with Crippen LogP contribution in [-0.4, -0.2) is 0 Å². The third-order valence-electron chi connectivity index (χ3n) is 5.49. The number of quaternary nitrogens is 1. The minimum absolute atomic E-state index is 0.607. The fourth-order valence-electron chi connectivity index (χ4n) is 4.07. The summed E-state index contributed by atoms with van der Waals surface area (Å²) in [4.78, 5) is 0. The number of nitrogens with zero attached hydrogens (tertiary/aromatic N) is 1. The summed E-state index contributed by atoms with van der Waals surface area (Å²) in [5, 5.41) is 2.54. The first-order valence-electron chi connectivity index (χ1n) is 9.67. The highest BCUT2D eigenvalue weighted by molar-refractivity contribution is 5.80. The Bertz CT molecular complexity index is 1260. The average molecular weight is 360 g/mol. The Morgan fingerprint density at radius 1 is 0.500 bits per heavy atom. The molecule has 1 heteroatoms. The molecule has 4 aromatic carbocycles. The molecule has 0 spiro atoms. The van der Waals surface area contributed by atoms with Gasteiger partial charge in [0.15, 0.2) is 0 Å². The van der Waals surface area contributed by atoms with E-state index < -0.39 is 0 Å². The van der Waals surface area contributed by atoms with Gasteiger partial charge in [-0.05, 0) is 35.7 Å². The summed E-state index contributed by atoms with van der Waals surface area (Å²) >= 11 is 0. The largest absolute Gasteiger partial charge is 0.206 e. The lowest BCUT2D eigenvalue weighted by atomic mass is 10.0. The molecule has 0 aromatic heterocycles. The summed E-state index contributed by atoms with van der Waals surface area (Å²) in [6, 6.07) is 36.9. The highest BCUT2D eigenvalue weighted by Crippen LogP contribution is 2.37. The van der Waals surface area contributed by atoms with Crippen LogP contribution >= 0.6 is 0 Å². The van der Waals surface area contributed by atoms with Crippen LogP contribution < -0.4 is 14.9 Å². The van der Waals surface area contributed by atoms with Crippen LogP contribution in [0.4, 0.5) is 11.4 Å². The molecule has 0 saturated heterocycles. The van der Waals surface area contributed by atoms with Gasteiger partial charge in [0.05, 0.1) is 0 Å². The van der Waals surface area contributed by atoms with Crippen LogP contribution in [0.1, 0.15) is 5.56 Å². The summed E-state index contributed by atoms with van der Waals surface area (Å²) in [5.41, 5.74) is 6.27. The molecular formula is C27H22N+. The molecule has 0 N–H and O–H groups in total. The molecule has 1 atom stereocenters. The standard InChI is InChI=1S/C27H22N/c1-21-9-8-14-27(17-21)28(26-12-6-3-7-13-26)19-24-16-15-23(18-25(24)20-28)22-10-4-2-5-11-22/h2-20H,1H3/q+1. The van der Waals surface area contributed by atoms with Crippen molar-refractivity contribution in [3.63, 3.8) is 0 Å². The molecule has 5 rings (SSSR count). The molecule has 1 unspecified atom stereocenters. The van der Waals surface area contributed by atoms with Crippen molar-refractivity contribution in [2.45, 2.75) is 6.92 Å². The molecule has 0 radical (unpaired) electrons. The lowest BCUT2D eigenvalue weighted by Crippen LogP contribution is -2.29. The molecular weight excluding hydrogens is 338 g/mol. The van der Waals surface area contributed by atoms with Crippen molar-refractivity contribution in [1.29, 1.82) is 0 Å². The van der Waals surface area contributed by atoms with Crippen LogP contribution in [0.15, 0.2) is 103 Å². The Morgan fingerprint density at radius 2 is 1.18 bits per heavy atom. The third kappa shape index (κ3) is 2.77. The van der Waals surface area contributed by atoms with E-state index in [0.29, 0.717) is 4.48 Å². The van der Waals surface area contributed by atoms with Crippen LogP contribution in [0.25, 0.3) is 23.5 Å². The molecule has 28 heavy (non-hydrogen) atoms. The van der Waals surface area contributed by atoms with Gasteiger partial charge in [-0.3, -0.25) is 0 Å².